The number of carbonyl (C=O) groups is 1. The van der Waals surface area contributed by atoms with Crippen molar-refractivity contribution in [3.8, 4) is 0 Å². The van der Waals surface area contributed by atoms with Crippen LogP contribution in [0.15, 0.2) is 30.6 Å². The summed E-state index contributed by atoms with van der Waals surface area (Å²) in [7, 11) is 0. The largest absolute Gasteiger partial charge is 0.381 e. The van der Waals surface area contributed by atoms with Gasteiger partial charge in [0.25, 0.3) is 0 Å². The average molecular weight is 502 g/mol. The number of ether oxygens (including phenoxy) is 1. The first-order valence-electron chi connectivity index (χ1n) is 12.6. The van der Waals surface area contributed by atoms with Crippen LogP contribution in [0.3, 0.4) is 0 Å². The lowest BCUT2D eigenvalue weighted by Gasteiger charge is -2.38. The van der Waals surface area contributed by atoms with E-state index in [1.165, 1.54) is 6.33 Å². The van der Waals surface area contributed by atoms with Crippen molar-refractivity contribution in [2.75, 3.05) is 50.8 Å². The normalized spacial score (nSPS) is 23.9. The molecule has 2 saturated heterocycles. The second kappa shape index (κ2) is 10.8. The summed E-state index contributed by atoms with van der Waals surface area (Å²) in [5.74, 6) is 0.764. The Kier molecular flexibility index (Phi) is 7.51. The van der Waals surface area contributed by atoms with Gasteiger partial charge in [-0.25, -0.2) is 14.4 Å². The van der Waals surface area contributed by atoms with Gasteiger partial charge in [0.2, 0.25) is 5.91 Å². The van der Waals surface area contributed by atoms with E-state index < -0.39 is 6.17 Å². The molecule has 3 aliphatic rings. The molecule has 3 atom stereocenters. The van der Waals surface area contributed by atoms with Gasteiger partial charge in [0, 0.05) is 62.6 Å². The van der Waals surface area contributed by atoms with Crippen molar-refractivity contribution >= 4 is 23.3 Å². The molecule has 1 aromatic carbocycles. The van der Waals surface area contributed by atoms with Gasteiger partial charge in [0.1, 0.15) is 18.3 Å². The van der Waals surface area contributed by atoms with Crippen LogP contribution in [0.2, 0.25) is 5.02 Å². The van der Waals surface area contributed by atoms with E-state index in [2.05, 4.69) is 20.2 Å². The van der Waals surface area contributed by atoms with Gasteiger partial charge in [0.15, 0.2) is 0 Å². The molecule has 1 N–H and O–H groups in total. The molecule has 2 aliphatic heterocycles. The van der Waals surface area contributed by atoms with Crippen LogP contribution < -0.4 is 10.2 Å². The van der Waals surface area contributed by atoms with Crippen LogP contribution in [0.5, 0.6) is 0 Å². The van der Waals surface area contributed by atoms with Crippen LogP contribution in [0.1, 0.15) is 61.0 Å². The van der Waals surface area contributed by atoms with Crippen LogP contribution in [-0.2, 0) is 9.53 Å². The third kappa shape index (κ3) is 5.29. The number of alkyl halides is 1. The number of amides is 1. The number of nitrogens with one attached hydrogen (secondary N) is 1. The highest BCUT2D eigenvalue weighted by atomic mass is 35.5. The molecule has 188 valence electrons. The first-order chi connectivity index (χ1) is 17.0. The van der Waals surface area contributed by atoms with E-state index in [1.807, 2.05) is 36.1 Å². The topological polar surface area (TPSA) is 70.6 Å². The van der Waals surface area contributed by atoms with E-state index in [-0.39, 0.29) is 17.7 Å². The summed E-state index contributed by atoms with van der Waals surface area (Å²) in [6, 6.07) is 7.96. The smallest absolute Gasteiger partial charge is 0.231 e. The molecule has 1 aliphatic carbocycles. The Morgan fingerprint density at radius 1 is 1.17 bits per heavy atom. The van der Waals surface area contributed by atoms with Crippen molar-refractivity contribution in [2.45, 2.75) is 50.2 Å². The van der Waals surface area contributed by atoms with Crippen molar-refractivity contribution in [1.29, 1.82) is 0 Å². The fraction of sp³-hybridized carbons (Fsp3) is 0.577. The molecule has 9 heteroatoms. The Morgan fingerprint density at radius 3 is 2.60 bits per heavy atom. The third-order valence-corrected chi connectivity index (χ3v) is 7.79. The SMILES string of the molecule is C[C@@H]1C[C@H](F)c2ncnc(N3CCN(C(=O)C(CNC4CCOCC4)c4ccc(Cl)cc4)CC3)c21. The minimum atomic E-state index is -1.02. The zero-order valence-corrected chi connectivity index (χ0v) is 20.9. The standard InChI is InChI=1S/C26H33ClFN5O2/c1-17-14-22(28)24-23(17)25(31-16-30-24)32-8-10-33(11-9-32)26(34)21(18-2-4-19(27)5-3-18)15-29-20-6-12-35-13-7-20/h2-5,16-17,20-22,29H,6-15H2,1H3/t17-,21?,22+/m1/s1. The highest BCUT2D eigenvalue weighted by Crippen LogP contribution is 2.44. The van der Waals surface area contributed by atoms with Crippen LogP contribution >= 0.6 is 11.6 Å². The first-order valence-corrected chi connectivity index (χ1v) is 13.0. The number of rotatable bonds is 6. The lowest BCUT2D eigenvalue weighted by molar-refractivity contribution is -0.133. The summed E-state index contributed by atoms with van der Waals surface area (Å²) in [5.41, 5.74) is 2.43. The second-order valence-corrected chi connectivity index (χ2v) is 10.2. The Morgan fingerprint density at radius 2 is 1.89 bits per heavy atom. The van der Waals surface area contributed by atoms with Gasteiger partial charge in [-0.1, -0.05) is 30.7 Å². The molecular formula is C26H33ClFN5O2. The maximum absolute atomic E-state index is 14.4. The molecule has 0 saturated carbocycles. The summed E-state index contributed by atoms with van der Waals surface area (Å²) >= 11 is 6.11. The van der Waals surface area contributed by atoms with Gasteiger partial charge in [-0.3, -0.25) is 4.79 Å². The number of anilines is 1. The molecule has 1 amide bonds. The van der Waals surface area contributed by atoms with Crippen LogP contribution in [-0.4, -0.2) is 72.8 Å². The summed E-state index contributed by atoms with van der Waals surface area (Å²) in [6.45, 7) is 6.67. The van der Waals surface area contributed by atoms with Gasteiger partial charge in [0.05, 0.1) is 11.6 Å². The minimum Gasteiger partial charge on any atom is -0.381 e. The second-order valence-electron chi connectivity index (χ2n) is 9.81. The van der Waals surface area contributed by atoms with Crippen LogP contribution in [0.4, 0.5) is 10.2 Å². The fourth-order valence-electron chi connectivity index (χ4n) is 5.50. The quantitative estimate of drug-likeness (QED) is 0.648. The molecular weight excluding hydrogens is 469 g/mol. The van der Waals surface area contributed by atoms with Crippen molar-refractivity contribution in [3.63, 3.8) is 0 Å². The molecule has 7 nitrogen and oxygen atoms in total. The van der Waals surface area contributed by atoms with Gasteiger partial charge < -0.3 is 19.9 Å². The number of nitrogens with zero attached hydrogens (tertiary/aromatic N) is 4. The number of halogens is 2. The van der Waals surface area contributed by atoms with Crippen molar-refractivity contribution in [3.05, 3.63) is 52.4 Å². The van der Waals surface area contributed by atoms with Gasteiger partial charge in [-0.2, -0.15) is 0 Å². The van der Waals surface area contributed by atoms with Gasteiger partial charge in [-0.05, 0) is 42.9 Å². The Bertz CT molecular complexity index is 1020. The summed E-state index contributed by atoms with van der Waals surface area (Å²) in [4.78, 5) is 26.6. The molecule has 0 bridgehead atoms. The minimum absolute atomic E-state index is 0.0985. The highest BCUT2D eigenvalue weighted by Gasteiger charge is 2.36. The number of fused-ring (bicyclic) bond motifs is 1. The zero-order chi connectivity index (χ0) is 24.4. The lowest BCUT2D eigenvalue weighted by Crippen LogP contribution is -2.51. The van der Waals surface area contributed by atoms with Crippen molar-refractivity contribution in [1.82, 2.24) is 20.2 Å². The van der Waals surface area contributed by atoms with Gasteiger partial charge in [-0.15, -0.1) is 0 Å². The number of piperazine rings is 1. The monoisotopic (exact) mass is 501 g/mol. The average Bonchev–Trinajstić information content (AvgIpc) is 3.19. The number of benzene rings is 1. The summed E-state index contributed by atoms with van der Waals surface area (Å²) in [5, 5.41) is 4.26. The zero-order valence-electron chi connectivity index (χ0n) is 20.1. The third-order valence-electron chi connectivity index (χ3n) is 7.54. The van der Waals surface area contributed by atoms with E-state index in [9.17, 15) is 9.18 Å². The molecule has 0 spiro atoms. The predicted octanol–water partition coefficient (Wildman–Crippen LogP) is 3.85. The van der Waals surface area contributed by atoms with Crippen LogP contribution in [0.25, 0.3) is 0 Å². The Hall–Kier alpha value is -2.29. The van der Waals surface area contributed by atoms with Crippen molar-refractivity contribution in [2.24, 2.45) is 0 Å². The summed E-state index contributed by atoms with van der Waals surface area (Å²) in [6.07, 6.45) is 2.83. The molecule has 2 fully saturated rings. The molecule has 2 aromatic rings. The molecule has 1 aromatic heterocycles. The maximum atomic E-state index is 14.4. The van der Waals surface area contributed by atoms with Crippen LogP contribution in [0, 0.1) is 0 Å². The Labute approximate surface area is 211 Å². The van der Waals surface area contributed by atoms with Gasteiger partial charge >= 0.3 is 0 Å². The fourth-order valence-corrected chi connectivity index (χ4v) is 5.63. The number of aromatic nitrogens is 2. The molecule has 35 heavy (non-hydrogen) atoms. The molecule has 5 rings (SSSR count). The molecule has 0 radical (unpaired) electrons. The van der Waals surface area contributed by atoms with Crippen molar-refractivity contribution < 1.29 is 13.9 Å². The Balaban J connectivity index is 1.27. The van der Waals surface area contributed by atoms with E-state index in [0.717, 1.165) is 43.0 Å². The molecule has 3 heterocycles. The van der Waals surface area contributed by atoms with E-state index in [0.29, 0.717) is 55.9 Å². The lowest BCUT2D eigenvalue weighted by atomic mass is 9.96. The number of hydrogen-bond donors (Lipinski definition) is 1. The highest BCUT2D eigenvalue weighted by molar-refractivity contribution is 6.30. The van der Waals surface area contributed by atoms with E-state index >= 15 is 0 Å². The first kappa shape index (κ1) is 24.4. The van der Waals surface area contributed by atoms with E-state index in [4.69, 9.17) is 16.3 Å². The number of hydrogen-bond acceptors (Lipinski definition) is 6. The van der Waals surface area contributed by atoms with E-state index in [1.54, 1.807) is 0 Å². The molecule has 1 unspecified atom stereocenters. The predicted molar refractivity (Wildman–Crippen MR) is 134 cm³/mol. The maximum Gasteiger partial charge on any atom is 0.231 e. The number of carbonyl (C=O) groups excluding carboxylic acids is 1. The summed E-state index contributed by atoms with van der Waals surface area (Å²) < 4.78 is 19.9.